The zero-order valence-corrected chi connectivity index (χ0v) is 8.20. The molecule has 0 spiro atoms. The zero-order chi connectivity index (χ0) is 10.9. The summed E-state index contributed by atoms with van der Waals surface area (Å²) in [7, 11) is 0. The van der Waals surface area contributed by atoms with Crippen LogP contribution in [-0.2, 0) is 9.53 Å². The van der Waals surface area contributed by atoms with E-state index in [0.717, 1.165) is 0 Å². The van der Waals surface area contributed by atoms with Gasteiger partial charge in [0.25, 0.3) is 5.79 Å². The Hall–Kier alpha value is -0.770. The molecular weight excluding hydrogens is 210 g/mol. The van der Waals surface area contributed by atoms with Crippen LogP contribution >= 0.6 is 0 Å². The average molecular weight is 226 g/mol. The molecule has 0 aliphatic carbocycles. The number of carbonyl (C=O) groups is 1. The lowest BCUT2D eigenvalue weighted by atomic mass is 9.96. The molecule has 1 heterocycles. The summed E-state index contributed by atoms with van der Waals surface area (Å²) in [6, 6.07) is 0. The summed E-state index contributed by atoms with van der Waals surface area (Å²) < 4.78 is 4.56. The molecule has 0 aromatic carbocycles. The van der Waals surface area contributed by atoms with Crippen molar-refractivity contribution in [2.24, 2.45) is 0 Å². The first kappa shape index (κ1) is 14.2. The van der Waals surface area contributed by atoms with Crippen LogP contribution in [0.5, 0.6) is 0 Å². The fourth-order valence-corrected chi connectivity index (χ4v) is 1.30. The molecule has 1 fully saturated rings. The molecular formula is C7H16NO7+. The predicted molar refractivity (Wildman–Crippen MR) is 47.2 cm³/mol. The van der Waals surface area contributed by atoms with Crippen molar-refractivity contribution in [3.8, 4) is 0 Å². The molecule has 15 heavy (non-hydrogen) atoms. The number of ether oxygens (including phenoxy) is 1. The Morgan fingerprint density at radius 3 is 2.40 bits per heavy atom. The van der Waals surface area contributed by atoms with E-state index in [-0.39, 0.29) is 6.15 Å². The number of quaternary nitrogens is 1. The maximum atomic E-state index is 10.5. The van der Waals surface area contributed by atoms with Gasteiger partial charge in [0.1, 0.15) is 12.2 Å². The Kier molecular flexibility index (Phi) is 4.59. The third kappa shape index (κ3) is 2.62. The first-order valence-electron chi connectivity index (χ1n) is 4.01. The average Bonchev–Trinajstić information content (AvgIpc) is 2.11. The standard InChI is InChI=1S/C7H12O7.H3N/c8-2-4-5(10)3(9)1-7(13,14-4)6(11)12;/h3-5,8-10,13H,1-2H2,(H,11,12);1H3/p+1/t3-,4-,5+,7-;/m1./s1. The van der Waals surface area contributed by atoms with Gasteiger partial charge in [-0.3, -0.25) is 0 Å². The van der Waals surface area contributed by atoms with Crippen molar-refractivity contribution in [1.29, 1.82) is 0 Å². The van der Waals surface area contributed by atoms with Gasteiger partial charge >= 0.3 is 5.97 Å². The fourth-order valence-electron chi connectivity index (χ4n) is 1.30. The van der Waals surface area contributed by atoms with E-state index in [1.807, 2.05) is 0 Å². The van der Waals surface area contributed by atoms with Crippen LogP contribution in [0.3, 0.4) is 0 Å². The summed E-state index contributed by atoms with van der Waals surface area (Å²) >= 11 is 0. The highest BCUT2D eigenvalue weighted by atomic mass is 16.7. The lowest BCUT2D eigenvalue weighted by Crippen LogP contribution is -2.59. The molecule has 0 saturated carbocycles. The van der Waals surface area contributed by atoms with Gasteiger partial charge < -0.3 is 36.4 Å². The molecule has 1 rings (SSSR count). The highest BCUT2D eigenvalue weighted by Gasteiger charge is 2.50. The number of hydrogen-bond acceptors (Lipinski definition) is 6. The molecule has 8 nitrogen and oxygen atoms in total. The minimum absolute atomic E-state index is 0. The SMILES string of the molecule is O=C(O)[C@@]1(O)C[C@@H](O)[C@H](O)[C@@H](CO)O1.[NH4+]. The molecule has 0 unspecified atom stereocenters. The van der Waals surface area contributed by atoms with E-state index in [0.29, 0.717) is 0 Å². The van der Waals surface area contributed by atoms with Crippen molar-refractivity contribution >= 4 is 5.97 Å². The number of hydrogen-bond donors (Lipinski definition) is 6. The number of carboxylic acid groups (broad SMARTS) is 1. The number of rotatable bonds is 2. The van der Waals surface area contributed by atoms with Gasteiger partial charge in [0, 0.05) is 6.42 Å². The molecule has 0 bridgehead atoms. The lowest BCUT2D eigenvalue weighted by molar-refractivity contribution is -0.298. The van der Waals surface area contributed by atoms with Crippen LogP contribution in [0.4, 0.5) is 0 Å². The van der Waals surface area contributed by atoms with Crippen molar-refractivity contribution in [2.75, 3.05) is 6.61 Å². The quantitative estimate of drug-likeness (QED) is 0.306. The van der Waals surface area contributed by atoms with Crippen LogP contribution < -0.4 is 6.15 Å². The van der Waals surface area contributed by atoms with Gasteiger partial charge in [-0.1, -0.05) is 0 Å². The zero-order valence-electron chi connectivity index (χ0n) is 8.20. The highest BCUT2D eigenvalue weighted by Crippen LogP contribution is 2.27. The van der Waals surface area contributed by atoms with Gasteiger partial charge in [-0.2, -0.15) is 0 Å². The van der Waals surface area contributed by atoms with E-state index < -0.39 is 43.1 Å². The van der Waals surface area contributed by atoms with Gasteiger partial charge in [0.2, 0.25) is 0 Å². The Morgan fingerprint density at radius 1 is 1.47 bits per heavy atom. The van der Waals surface area contributed by atoms with E-state index >= 15 is 0 Å². The molecule has 0 aromatic heterocycles. The molecule has 90 valence electrons. The molecule has 4 atom stereocenters. The Balaban J connectivity index is 0.00000196. The molecule has 1 aliphatic rings. The van der Waals surface area contributed by atoms with E-state index in [2.05, 4.69) is 4.74 Å². The number of aliphatic hydroxyl groups is 4. The highest BCUT2D eigenvalue weighted by molar-refractivity contribution is 5.75. The third-order valence-electron chi connectivity index (χ3n) is 2.12. The van der Waals surface area contributed by atoms with E-state index in [1.54, 1.807) is 0 Å². The summed E-state index contributed by atoms with van der Waals surface area (Å²) in [5, 5.41) is 45.0. The number of aliphatic carboxylic acids is 1. The van der Waals surface area contributed by atoms with Gasteiger partial charge in [-0.05, 0) is 0 Å². The minimum atomic E-state index is -2.55. The molecule has 8 heteroatoms. The summed E-state index contributed by atoms with van der Waals surface area (Å²) in [5.41, 5.74) is 0. The largest absolute Gasteiger partial charge is 0.477 e. The minimum Gasteiger partial charge on any atom is -0.477 e. The second-order valence-corrected chi connectivity index (χ2v) is 3.19. The first-order chi connectivity index (χ1) is 6.40. The summed E-state index contributed by atoms with van der Waals surface area (Å²) in [6.45, 7) is -0.687. The van der Waals surface area contributed by atoms with Crippen molar-refractivity contribution < 1.29 is 35.1 Å². The molecule has 9 N–H and O–H groups in total. The van der Waals surface area contributed by atoms with E-state index in [1.165, 1.54) is 0 Å². The van der Waals surface area contributed by atoms with Crippen molar-refractivity contribution in [3.63, 3.8) is 0 Å². The van der Waals surface area contributed by atoms with E-state index in [9.17, 15) is 20.1 Å². The maximum Gasteiger partial charge on any atom is 0.364 e. The van der Waals surface area contributed by atoms with Crippen molar-refractivity contribution in [3.05, 3.63) is 0 Å². The second kappa shape index (κ2) is 4.84. The van der Waals surface area contributed by atoms with Crippen molar-refractivity contribution in [1.82, 2.24) is 6.15 Å². The Bertz CT molecular complexity index is 235. The summed E-state index contributed by atoms with van der Waals surface area (Å²) in [4.78, 5) is 10.5. The number of carboxylic acids is 1. The summed E-state index contributed by atoms with van der Waals surface area (Å²) in [5.74, 6) is -4.21. The van der Waals surface area contributed by atoms with Crippen LogP contribution in [0, 0.1) is 0 Å². The molecule has 0 aromatic rings. The Morgan fingerprint density at radius 2 is 2.00 bits per heavy atom. The van der Waals surface area contributed by atoms with Crippen LogP contribution in [0.15, 0.2) is 0 Å². The molecule has 1 aliphatic heterocycles. The molecule has 0 amide bonds. The normalized spacial score (nSPS) is 40.7. The van der Waals surface area contributed by atoms with Gasteiger partial charge in [-0.15, -0.1) is 0 Å². The first-order valence-corrected chi connectivity index (χ1v) is 4.01. The molecule has 0 radical (unpaired) electrons. The van der Waals surface area contributed by atoms with Crippen molar-refractivity contribution in [2.45, 2.75) is 30.5 Å². The monoisotopic (exact) mass is 226 g/mol. The Labute approximate surface area is 85.3 Å². The second-order valence-electron chi connectivity index (χ2n) is 3.19. The smallest absolute Gasteiger partial charge is 0.364 e. The topological polar surface area (TPSA) is 164 Å². The van der Waals surface area contributed by atoms with Crippen LogP contribution in [0.2, 0.25) is 0 Å². The number of aliphatic hydroxyl groups excluding tert-OH is 3. The van der Waals surface area contributed by atoms with Crippen LogP contribution in [0.25, 0.3) is 0 Å². The summed E-state index contributed by atoms with van der Waals surface area (Å²) in [6.07, 6.45) is -4.79. The maximum absolute atomic E-state index is 10.5. The van der Waals surface area contributed by atoms with Crippen LogP contribution in [-0.4, -0.2) is 62.2 Å². The van der Waals surface area contributed by atoms with E-state index in [4.69, 9.17) is 10.2 Å². The fraction of sp³-hybridized carbons (Fsp3) is 0.857. The molecule has 1 saturated heterocycles. The third-order valence-corrected chi connectivity index (χ3v) is 2.12. The van der Waals surface area contributed by atoms with Crippen LogP contribution in [0.1, 0.15) is 6.42 Å². The van der Waals surface area contributed by atoms with Gasteiger partial charge in [0.15, 0.2) is 0 Å². The van der Waals surface area contributed by atoms with Gasteiger partial charge in [0.05, 0.1) is 12.7 Å². The lowest BCUT2D eigenvalue weighted by Gasteiger charge is -2.39. The van der Waals surface area contributed by atoms with Gasteiger partial charge in [-0.25, -0.2) is 4.79 Å². The predicted octanol–water partition coefficient (Wildman–Crippen LogP) is -2.36.